The number of nitrogens with zero attached hydrogens (tertiary/aromatic N) is 1. The predicted molar refractivity (Wildman–Crippen MR) is 110 cm³/mol. The van der Waals surface area contributed by atoms with Gasteiger partial charge in [0.2, 0.25) is 0 Å². The van der Waals surface area contributed by atoms with E-state index in [2.05, 4.69) is 0 Å². The van der Waals surface area contributed by atoms with Gasteiger partial charge in [0.1, 0.15) is 0 Å². The third kappa shape index (κ3) is 3.77. The molecule has 1 saturated heterocycles. The van der Waals surface area contributed by atoms with E-state index in [0.717, 1.165) is 22.4 Å². The van der Waals surface area contributed by atoms with E-state index in [-0.39, 0.29) is 17.5 Å². The molecule has 0 saturated carbocycles. The van der Waals surface area contributed by atoms with Gasteiger partial charge in [0.25, 0.3) is 5.91 Å². The molecule has 0 bridgehead atoms. The summed E-state index contributed by atoms with van der Waals surface area (Å²) in [5, 5.41) is 9.16. The van der Waals surface area contributed by atoms with Crippen molar-refractivity contribution in [2.45, 2.75) is 25.7 Å². The number of anilines is 1. The quantitative estimate of drug-likeness (QED) is 0.638. The standard InChI is InChI=1S/C24H21NO4/c1-16-7-13-20(14-8-16)25-21(18-9-11-19(12-10-18)24(27)28)22(23(25)26)29-15-17-5-3-2-4-6-17/h2-14,21-22H,15H2,1H3,(H,27,28)/t21-,22+/m1/s1. The molecule has 1 fully saturated rings. The van der Waals surface area contributed by atoms with Crippen LogP contribution >= 0.6 is 0 Å². The molecule has 0 radical (unpaired) electrons. The highest BCUT2D eigenvalue weighted by atomic mass is 16.5. The molecular formula is C24H21NO4. The number of aryl methyl sites for hydroxylation is 1. The van der Waals surface area contributed by atoms with Crippen molar-refractivity contribution in [2.24, 2.45) is 0 Å². The lowest BCUT2D eigenvalue weighted by Gasteiger charge is -2.47. The van der Waals surface area contributed by atoms with E-state index in [1.165, 1.54) is 0 Å². The molecule has 146 valence electrons. The van der Waals surface area contributed by atoms with Crippen LogP contribution in [0, 0.1) is 6.92 Å². The highest BCUT2D eigenvalue weighted by molar-refractivity contribution is 6.05. The first-order valence-electron chi connectivity index (χ1n) is 9.43. The number of amides is 1. The van der Waals surface area contributed by atoms with Gasteiger partial charge in [-0.2, -0.15) is 0 Å². The SMILES string of the molecule is Cc1ccc(N2C(=O)[C@@H](OCc3ccccc3)[C@H]2c2ccc(C(=O)O)cc2)cc1. The first-order valence-corrected chi connectivity index (χ1v) is 9.43. The smallest absolute Gasteiger partial charge is 0.335 e. The van der Waals surface area contributed by atoms with E-state index in [1.807, 2.05) is 61.5 Å². The Hall–Kier alpha value is -3.44. The van der Waals surface area contributed by atoms with Gasteiger partial charge in [0.05, 0.1) is 18.2 Å². The normalized spacial score (nSPS) is 18.4. The van der Waals surface area contributed by atoms with E-state index < -0.39 is 12.1 Å². The highest BCUT2D eigenvalue weighted by Gasteiger charge is 2.49. The summed E-state index contributed by atoms with van der Waals surface area (Å²) in [7, 11) is 0. The second-order valence-electron chi connectivity index (χ2n) is 7.13. The van der Waals surface area contributed by atoms with E-state index in [9.17, 15) is 9.59 Å². The molecule has 1 aliphatic heterocycles. The van der Waals surface area contributed by atoms with Crippen LogP contribution in [0.3, 0.4) is 0 Å². The minimum absolute atomic E-state index is 0.0999. The van der Waals surface area contributed by atoms with Crippen LogP contribution < -0.4 is 4.90 Å². The lowest BCUT2D eigenvalue weighted by molar-refractivity contribution is -0.143. The molecule has 0 aromatic heterocycles. The minimum Gasteiger partial charge on any atom is -0.478 e. The third-order valence-electron chi connectivity index (χ3n) is 5.13. The van der Waals surface area contributed by atoms with Crippen molar-refractivity contribution >= 4 is 17.6 Å². The van der Waals surface area contributed by atoms with Crippen molar-refractivity contribution in [1.29, 1.82) is 0 Å². The summed E-state index contributed by atoms with van der Waals surface area (Å²) in [6.45, 7) is 2.33. The van der Waals surface area contributed by atoms with Gasteiger partial charge < -0.3 is 9.84 Å². The zero-order valence-corrected chi connectivity index (χ0v) is 16.0. The average molecular weight is 387 g/mol. The molecule has 2 atom stereocenters. The molecule has 4 rings (SSSR count). The van der Waals surface area contributed by atoms with Gasteiger partial charge in [-0.05, 0) is 42.3 Å². The third-order valence-corrected chi connectivity index (χ3v) is 5.13. The molecule has 3 aromatic carbocycles. The monoisotopic (exact) mass is 387 g/mol. The number of carboxylic acids is 1. The van der Waals surface area contributed by atoms with Gasteiger partial charge in [-0.15, -0.1) is 0 Å². The Bertz CT molecular complexity index is 1010. The molecule has 1 aliphatic rings. The Balaban J connectivity index is 1.62. The number of hydrogen-bond donors (Lipinski definition) is 1. The molecule has 5 heteroatoms. The lowest BCUT2D eigenvalue weighted by atomic mass is 9.89. The highest BCUT2D eigenvalue weighted by Crippen LogP contribution is 2.41. The van der Waals surface area contributed by atoms with Crippen LogP contribution in [-0.4, -0.2) is 23.1 Å². The average Bonchev–Trinajstić information content (AvgIpc) is 2.74. The molecule has 0 spiro atoms. The van der Waals surface area contributed by atoms with Crippen LogP contribution in [0.5, 0.6) is 0 Å². The largest absolute Gasteiger partial charge is 0.478 e. The molecule has 29 heavy (non-hydrogen) atoms. The van der Waals surface area contributed by atoms with Crippen LogP contribution in [-0.2, 0) is 16.1 Å². The van der Waals surface area contributed by atoms with Crippen molar-refractivity contribution in [1.82, 2.24) is 0 Å². The fourth-order valence-electron chi connectivity index (χ4n) is 3.53. The summed E-state index contributed by atoms with van der Waals surface area (Å²) < 4.78 is 5.99. The summed E-state index contributed by atoms with van der Waals surface area (Å²) in [6.07, 6.45) is -0.618. The van der Waals surface area contributed by atoms with Crippen molar-refractivity contribution in [3.63, 3.8) is 0 Å². The van der Waals surface area contributed by atoms with Crippen LogP contribution in [0.2, 0.25) is 0 Å². The zero-order valence-electron chi connectivity index (χ0n) is 16.0. The Morgan fingerprint density at radius 3 is 2.24 bits per heavy atom. The van der Waals surface area contributed by atoms with Gasteiger partial charge >= 0.3 is 5.97 Å². The topological polar surface area (TPSA) is 66.8 Å². The molecule has 0 aliphatic carbocycles. The molecule has 0 unspecified atom stereocenters. The Morgan fingerprint density at radius 1 is 0.966 bits per heavy atom. The second kappa shape index (κ2) is 7.89. The number of carbonyl (C=O) groups excluding carboxylic acids is 1. The van der Waals surface area contributed by atoms with Gasteiger partial charge in [-0.25, -0.2) is 4.79 Å². The number of hydrogen-bond acceptors (Lipinski definition) is 3. The maximum absolute atomic E-state index is 12.9. The number of benzene rings is 3. The molecule has 1 N–H and O–H groups in total. The fraction of sp³-hybridized carbons (Fsp3) is 0.167. The van der Waals surface area contributed by atoms with E-state index >= 15 is 0 Å². The number of β-lactam (4-membered cyclic amide) rings is 1. The Labute approximate surface area is 169 Å². The van der Waals surface area contributed by atoms with Crippen LogP contribution in [0.25, 0.3) is 0 Å². The van der Waals surface area contributed by atoms with E-state index in [0.29, 0.717) is 6.61 Å². The molecule has 1 heterocycles. The predicted octanol–water partition coefficient (Wildman–Crippen LogP) is 4.37. The molecule has 5 nitrogen and oxygen atoms in total. The van der Waals surface area contributed by atoms with Gasteiger partial charge in [0.15, 0.2) is 6.10 Å². The van der Waals surface area contributed by atoms with Crippen LogP contribution in [0.15, 0.2) is 78.9 Å². The summed E-state index contributed by atoms with van der Waals surface area (Å²) in [6, 6.07) is 23.8. The number of aromatic carboxylic acids is 1. The summed E-state index contributed by atoms with van der Waals surface area (Å²) in [4.78, 5) is 25.8. The second-order valence-corrected chi connectivity index (χ2v) is 7.13. The fourth-order valence-corrected chi connectivity index (χ4v) is 3.53. The number of carboxylic acid groups (broad SMARTS) is 1. The Morgan fingerprint density at radius 2 is 1.62 bits per heavy atom. The van der Waals surface area contributed by atoms with E-state index in [4.69, 9.17) is 9.84 Å². The lowest BCUT2D eigenvalue weighted by Crippen LogP contribution is -2.60. The number of carbonyl (C=O) groups is 2. The number of ether oxygens (including phenoxy) is 1. The maximum atomic E-state index is 12.9. The van der Waals surface area contributed by atoms with Crippen LogP contribution in [0.1, 0.15) is 33.1 Å². The molecule has 3 aromatic rings. The van der Waals surface area contributed by atoms with Gasteiger partial charge in [-0.1, -0.05) is 60.2 Å². The first-order chi connectivity index (χ1) is 14.0. The maximum Gasteiger partial charge on any atom is 0.335 e. The molecule has 1 amide bonds. The summed E-state index contributed by atoms with van der Waals surface area (Å²) in [5.74, 6) is -1.08. The van der Waals surface area contributed by atoms with Crippen molar-refractivity contribution in [3.8, 4) is 0 Å². The van der Waals surface area contributed by atoms with Crippen LogP contribution in [0.4, 0.5) is 5.69 Å². The minimum atomic E-state index is -0.978. The van der Waals surface area contributed by atoms with Crippen molar-refractivity contribution in [2.75, 3.05) is 4.90 Å². The van der Waals surface area contributed by atoms with Gasteiger partial charge in [-0.3, -0.25) is 9.69 Å². The first kappa shape index (κ1) is 18.9. The van der Waals surface area contributed by atoms with Crippen molar-refractivity contribution in [3.05, 3.63) is 101 Å². The van der Waals surface area contributed by atoms with Gasteiger partial charge in [0, 0.05) is 5.69 Å². The summed E-state index contributed by atoms with van der Waals surface area (Å²) in [5.41, 5.74) is 3.96. The summed E-state index contributed by atoms with van der Waals surface area (Å²) >= 11 is 0. The van der Waals surface area contributed by atoms with E-state index in [1.54, 1.807) is 29.2 Å². The Kier molecular flexibility index (Phi) is 5.14. The molecular weight excluding hydrogens is 366 g/mol. The zero-order chi connectivity index (χ0) is 20.4. The van der Waals surface area contributed by atoms with Crippen molar-refractivity contribution < 1.29 is 19.4 Å². The number of rotatable bonds is 6.